The molecule has 0 bridgehead atoms. The molecule has 0 unspecified atom stereocenters. The molecule has 1 aliphatic heterocycles. The van der Waals surface area contributed by atoms with E-state index in [0.717, 1.165) is 36.5 Å². The molecule has 0 saturated carbocycles. The van der Waals surface area contributed by atoms with Crippen LogP contribution in [-0.2, 0) is 19.6 Å². The van der Waals surface area contributed by atoms with E-state index in [1.165, 1.54) is 22.3 Å². The SMILES string of the molecule is C[C@H](Nc1nccc(-n2cnc3cc4c(cc32)CN(Cc2ccccc2)C4)n1)c1ccccc1. The molecule has 0 aliphatic carbocycles. The zero-order valence-electron chi connectivity index (χ0n) is 19.1. The summed E-state index contributed by atoms with van der Waals surface area (Å²) in [6.07, 6.45) is 3.65. The smallest absolute Gasteiger partial charge is 0.225 e. The summed E-state index contributed by atoms with van der Waals surface area (Å²) in [6, 6.07) is 27.5. The van der Waals surface area contributed by atoms with Gasteiger partial charge in [-0.25, -0.2) is 9.97 Å². The summed E-state index contributed by atoms with van der Waals surface area (Å²) in [4.78, 5) is 16.4. The molecule has 5 aromatic rings. The number of hydrogen-bond acceptors (Lipinski definition) is 5. The molecule has 2 aromatic heterocycles. The lowest BCUT2D eigenvalue weighted by Gasteiger charge is -2.15. The van der Waals surface area contributed by atoms with Crippen LogP contribution in [-0.4, -0.2) is 24.4 Å². The highest BCUT2D eigenvalue weighted by molar-refractivity contribution is 5.79. The summed E-state index contributed by atoms with van der Waals surface area (Å²) in [7, 11) is 0. The van der Waals surface area contributed by atoms with E-state index in [1.807, 2.05) is 30.6 Å². The number of anilines is 1. The largest absolute Gasteiger partial charge is 0.348 e. The number of benzene rings is 3. The molecule has 1 N–H and O–H groups in total. The number of fused-ring (bicyclic) bond motifs is 2. The molecule has 1 aliphatic rings. The van der Waals surface area contributed by atoms with Gasteiger partial charge in [0.2, 0.25) is 5.95 Å². The Morgan fingerprint density at radius 1 is 0.882 bits per heavy atom. The van der Waals surface area contributed by atoms with E-state index in [-0.39, 0.29) is 6.04 Å². The third-order valence-corrected chi connectivity index (χ3v) is 6.44. The predicted molar refractivity (Wildman–Crippen MR) is 135 cm³/mol. The van der Waals surface area contributed by atoms with Crippen molar-refractivity contribution < 1.29 is 0 Å². The molecule has 3 aromatic carbocycles. The molecular formula is C28H26N6. The lowest BCUT2D eigenvalue weighted by molar-refractivity contribution is 0.275. The van der Waals surface area contributed by atoms with Crippen LogP contribution in [0, 0.1) is 0 Å². The van der Waals surface area contributed by atoms with Crippen LogP contribution in [0.3, 0.4) is 0 Å². The highest BCUT2D eigenvalue weighted by Crippen LogP contribution is 2.29. The zero-order valence-corrected chi connectivity index (χ0v) is 19.1. The van der Waals surface area contributed by atoms with Crippen LogP contribution in [0.5, 0.6) is 0 Å². The first-order valence-corrected chi connectivity index (χ1v) is 11.6. The van der Waals surface area contributed by atoms with E-state index < -0.39 is 0 Å². The van der Waals surface area contributed by atoms with Gasteiger partial charge >= 0.3 is 0 Å². The average Bonchev–Trinajstić information content (AvgIpc) is 3.46. The minimum Gasteiger partial charge on any atom is -0.348 e. The molecule has 0 saturated heterocycles. The number of hydrogen-bond donors (Lipinski definition) is 1. The monoisotopic (exact) mass is 446 g/mol. The quantitative estimate of drug-likeness (QED) is 0.373. The van der Waals surface area contributed by atoms with Gasteiger partial charge in [0.25, 0.3) is 0 Å². The molecular weight excluding hydrogens is 420 g/mol. The molecule has 6 rings (SSSR count). The first kappa shape index (κ1) is 20.6. The van der Waals surface area contributed by atoms with Crippen molar-refractivity contribution in [3.05, 3.63) is 114 Å². The maximum Gasteiger partial charge on any atom is 0.225 e. The third-order valence-electron chi connectivity index (χ3n) is 6.44. The summed E-state index contributed by atoms with van der Waals surface area (Å²) in [5.74, 6) is 1.41. The maximum absolute atomic E-state index is 4.79. The summed E-state index contributed by atoms with van der Waals surface area (Å²) in [5.41, 5.74) is 7.31. The second-order valence-corrected chi connectivity index (χ2v) is 8.87. The fourth-order valence-corrected chi connectivity index (χ4v) is 4.68. The Labute approximate surface area is 198 Å². The van der Waals surface area contributed by atoms with Crippen LogP contribution in [0.4, 0.5) is 5.95 Å². The standard InChI is InChI=1S/C28H26N6/c1-20(22-10-6-3-7-11-22)31-28-29-13-12-27(32-28)34-19-30-25-14-23-17-33(18-24(23)15-26(25)34)16-21-8-4-2-5-9-21/h2-15,19-20H,16-18H2,1H3,(H,29,31,32)/t20-/m0/s1. The van der Waals surface area contributed by atoms with Gasteiger partial charge < -0.3 is 5.32 Å². The highest BCUT2D eigenvalue weighted by Gasteiger charge is 2.21. The molecule has 1 atom stereocenters. The molecule has 6 heteroatoms. The van der Waals surface area contributed by atoms with E-state index in [1.54, 1.807) is 6.20 Å². The summed E-state index contributed by atoms with van der Waals surface area (Å²) < 4.78 is 2.05. The van der Waals surface area contributed by atoms with Gasteiger partial charge in [0.1, 0.15) is 12.1 Å². The zero-order chi connectivity index (χ0) is 22.9. The maximum atomic E-state index is 4.79. The van der Waals surface area contributed by atoms with Gasteiger partial charge in [-0.15, -0.1) is 0 Å². The molecule has 0 radical (unpaired) electrons. The van der Waals surface area contributed by atoms with Crippen LogP contribution in [0.2, 0.25) is 0 Å². The first-order valence-electron chi connectivity index (χ1n) is 11.6. The fraction of sp³-hybridized carbons (Fsp3) is 0.179. The van der Waals surface area contributed by atoms with Crippen LogP contribution in [0.15, 0.2) is 91.4 Å². The second kappa shape index (κ2) is 8.72. The minimum absolute atomic E-state index is 0.106. The molecule has 0 fully saturated rings. The lowest BCUT2D eigenvalue weighted by atomic mass is 10.1. The van der Waals surface area contributed by atoms with Crippen molar-refractivity contribution in [2.24, 2.45) is 0 Å². The minimum atomic E-state index is 0.106. The van der Waals surface area contributed by atoms with Gasteiger partial charge in [-0.05, 0) is 47.4 Å². The Hall–Kier alpha value is -4.03. The van der Waals surface area contributed by atoms with Gasteiger partial charge in [0, 0.05) is 25.8 Å². The molecule has 34 heavy (non-hydrogen) atoms. The lowest BCUT2D eigenvalue weighted by Crippen LogP contribution is -2.15. The van der Waals surface area contributed by atoms with Crippen molar-refractivity contribution in [3.8, 4) is 5.82 Å². The van der Waals surface area contributed by atoms with E-state index in [9.17, 15) is 0 Å². The molecule has 3 heterocycles. The van der Waals surface area contributed by atoms with Crippen molar-refractivity contribution in [3.63, 3.8) is 0 Å². The Bertz CT molecular complexity index is 1430. The van der Waals surface area contributed by atoms with Gasteiger partial charge in [0.15, 0.2) is 0 Å². The predicted octanol–water partition coefficient (Wildman–Crippen LogP) is 5.50. The summed E-state index contributed by atoms with van der Waals surface area (Å²) in [5, 5.41) is 3.42. The van der Waals surface area contributed by atoms with Crippen LogP contribution in [0.1, 0.15) is 35.2 Å². The Kier molecular flexibility index (Phi) is 5.28. The van der Waals surface area contributed by atoms with E-state index >= 15 is 0 Å². The molecule has 6 nitrogen and oxygen atoms in total. The number of imidazole rings is 1. The molecule has 0 spiro atoms. The fourth-order valence-electron chi connectivity index (χ4n) is 4.68. The van der Waals surface area contributed by atoms with Crippen molar-refractivity contribution >= 4 is 17.0 Å². The summed E-state index contributed by atoms with van der Waals surface area (Å²) in [6.45, 7) is 4.96. The van der Waals surface area contributed by atoms with Crippen LogP contribution in [0.25, 0.3) is 16.9 Å². The normalized spacial score (nSPS) is 14.3. The number of aromatic nitrogens is 4. The van der Waals surface area contributed by atoms with Gasteiger partial charge in [-0.3, -0.25) is 9.47 Å². The van der Waals surface area contributed by atoms with Crippen molar-refractivity contribution in [2.45, 2.75) is 32.6 Å². The highest BCUT2D eigenvalue weighted by atomic mass is 15.2. The van der Waals surface area contributed by atoms with Crippen LogP contribution < -0.4 is 5.32 Å². The Morgan fingerprint density at radius 3 is 2.41 bits per heavy atom. The number of nitrogens with one attached hydrogen (secondary N) is 1. The second-order valence-electron chi connectivity index (χ2n) is 8.87. The first-order chi connectivity index (χ1) is 16.7. The Morgan fingerprint density at radius 2 is 1.62 bits per heavy atom. The van der Waals surface area contributed by atoms with Crippen LogP contribution >= 0.6 is 0 Å². The van der Waals surface area contributed by atoms with Crippen molar-refractivity contribution in [1.82, 2.24) is 24.4 Å². The third kappa shape index (κ3) is 4.04. The molecule has 168 valence electrons. The van der Waals surface area contributed by atoms with Gasteiger partial charge in [-0.1, -0.05) is 60.7 Å². The molecule has 0 amide bonds. The Balaban J connectivity index is 1.25. The van der Waals surface area contributed by atoms with Gasteiger partial charge in [0.05, 0.1) is 17.1 Å². The topological polar surface area (TPSA) is 58.9 Å². The van der Waals surface area contributed by atoms with Gasteiger partial charge in [-0.2, -0.15) is 4.98 Å². The van der Waals surface area contributed by atoms with E-state index in [0.29, 0.717) is 5.95 Å². The number of rotatable bonds is 6. The van der Waals surface area contributed by atoms with E-state index in [4.69, 9.17) is 4.98 Å². The average molecular weight is 447 g/mol. The number of nitrogens with zero attached hydrogens (tertiary/aromatic N) is 5. The summed E-state index contributed by atoms with van der Waals surface area (Å²) >= 11 is 0. The van der Waals surface area contributed by atoms with Crippen molar-refractivity contribution in [1.29, 1.82) is 0 Å². The van der Waals surface area contributed by atoms with E-state index in [2.05, 4.69) is 86.3 Å². The van der Waals surface area contributed by atoms with Crippen molar-refractivity contribution in [2.75, 3.05) is 5.32 Å².